The van der Waals surface area contributed by atoms with Gasteiger partial charge in [0.15, 0.2) is 0 Å². The van der Waals surface area contributed by atoms with Crippen LogP contribution in [0.1, 0.15) is 41.4 Å². The number of benzene rings is 1. The van der Waals surface area contributed by atoms with E-state index in [1.54, 1.807) is 12.1 Å². The van der Waals surface area contributed by atoms with Crippen molar-refractivity contribution in [3.8, 4) is 5.88 Å². The lowest BCUT2D eigenvalue weighted by atomic mass is 10.1. The molecule has 134 valence electrons. The lowest BCUT2D eigenvalue weighted by Crippen LogP contribution is -2.16. The number of halogens is 2. The molecule has 1 fully saturated rings. The molecule has 25 heavy (non-hydrogen) atoms. The van der Waals surface area contributed by atoms with Crippen molar-refractivity contribution in [3.05, 3.63) is 52.7 Å². The molecule has 2 heterocycles. The zero-order valence-electron chi connectivity index (χ0n) is 14.1. The lowest BCUT2D eigenvalue weighted by Gasteiger charge is -2.14. The molecule has 1 N–H and O–H groups in total. The number of ether oxygens (including phenoxy) is 1. The number of nitrogens with zero attached hydrogens (tertiary/aromatic N) is 2. The van der Waals surface area contributed by atoms with Crippen LogP contribution in [0.15, 0.2) is 24.3 Å². The minimum atomic E-state index is -0.203. The first-order valence-electron chi connectivity index (χ1n) is 8.77. The summed E-state index contributed by atoms with van der Waals surface area (Å²) in [7, 11) is 0. The molecule has 2 aliphatic rings. The molecule has 4 rings (SSSR count). The Kier molecular flexibility index (Phi) is 5.86. The molecular weight excluding hydrogens is 341 g/mol. The average molecular weight is 364 g/mol. The molecule has 0 unspecified atom stereocenters. The van der Waals surface area contributed by atoms with Crippen LogP contribution in [0.25, 0.3) is 0 Å². The zero-order chi connectivity index (χ0) is 16.4. The number of aromatic nitrogens is 2. The molecule has 1 saturated carbocycles. The summed E-state index contributed by atoms with van der Waals surface area (Å²) in [4.78, 5) is 9.50. The molecule has 0 bridgehead atoms. The third-order valence-electron chi connectivity index (χ3n) is 4.62. The Morgan fingerprint density at radius 1 is 1.16 bits per heavy atom. The second-order valence-electron chi connectivity index (χ2n) is 6.56. The van der Waals surface area contributed by atoms with Crippen molar-refractivity contribution in [1.82, 2.24) is 15.3 Å². The minimum absolute atomic E-state index is 0. The fourth-order valence-electron chi connectivity index (χ4n) is 3.13. The summed E-state index contributed by atoms with van der Waals surface area (Å²) in [6.07, 6.45) is 4.86. The van der Waals surface area contributed by atoms with Crippen LogP contribution in [0.3, 0.4) is 0 Å². The fourth-order valence-corrected chi connectivity index (χ4v) is 3.13. The van der Waals surface area contributed by atoms with Crippen LogP contribution in [-0.4, -0.2) is 29.7 Å². The molecule has 4 nitrogen and oxygen atoms in total. The summed E-state index contributed by atoms with van der Waals surface area (Å²) >= 11 is 0. The third kappa shape index (κ3) is 4.47. The summed E-state index contributed by atoms with van der Waals surface area (Å²) in [6, 6.07) is 6.68. The van der Waals surface area contributed by atoms with Crippen LogP contribution < -0.4 is 10.1 Å². The molecule has 0 spiro atoms. The van der Waals surface area contributed by atoms with E-state index in [1.165, 1.54) is 18.9 Å². The van der Waals surface area contributed by atoms with E-state index in [-0.39, 0.29) is 18.2 Å². The molecule has 0 radical (unpaired) electrons. The average Bonchev–Trinajstić information content (AvgIpc) is 3.41. The molecule has 0 atom stereocenters. The normalized spacial score (nSPS) is 16.5. The number of hydrogen-bond donors (Lipinski definition) is 1. The summed E-state index contributed by atoms with van der Waals surface area (Å²) in [6.45, 7) is 2.39. The maximum Gasteiger partial charge on any atom is 0.220 e. The molecule has 0 amide bonds. The summed E-state index contributed by atoms with van der Waals surface area (Å²) in [5.41, 5.74) is 3.22. The van der Waals surface area contributed by atoms with E-state index >= 15 is 0 Å². The monoisotopic (exact) mass is 363 g/mol. The lowest BCUT2D eigenvalue weighted by molar-refractivity contribution is 0.303. The molecule has 6 heteroatoms. The van der Waals surface area contributed by atoms with Gasteiger partial charge in [0, 0.05) is 30.9 Å². The van der Waals surface area contributed by atoms with E-state index in [4.69, 9.17) is 14.7 Å². The van der Waals surface area contributed by atoms with Gasteiger partial charge >= 0.3 is 0 Å². The smallest absolute Gasteiger partial charge is 0.220 e. The van der Waals surface area contributed by atoms with Crippen molar-refractivity contribution in [2.45, 2.75) is 38.0 Å². The van der Waals surface area contributed by atoms with Crippen molar-refractivity contribution in [3.63, 3.8) is 0 Å². The van der Waals surface area contributed by atoms with Crippen molar-refractivity contribution < 1.29 is 9.13 Å². The largest absolute Gasteiger partial charge is 0.477 e. The van der Waals surface area contributed by atoms with Crippen molar-refractivity contribution in [2.24, 2.45) is 0 Å². The Morgan fingerprint density at radius 2 is 2.00 bits per heavy atom. The van der Waals surface area contributed by atoms with Gasteiger partial charge in [0.1, 0.15) is 11.6 Å². The van der Waals surface area contributed by atoms with Gasteiger partial charge in [-0.25, -0.2) is 9.37 Å². The quantitative estimate of drug-likeness (QED) is 0.886. The Balaban J connectivity index is 0.00000182. The van der Waals surface area contributed by atoms with Crippen LogP contribution >= 0.6 is 12.4 Å². The third-order valence-corrected chi connectivity index (χ3v) is 4.62. The highest BCUT2D eigenvalue weighted by Gasteiger charge is 2.29. The van der Waals surface area contributed by atoms with E-state index in [9.17, 15) is 4.39 Å². The first kappa shape index (κ1) is 18.1. The SMILES string of the molecule is Cl.Fc1cccc(CCOc2nc(C3CC3)nc3c2CCNCC3)c1. The molecular formula is C19H23ClFN3O. The van der Waals surface area contributed by atoms with Gasteiger partial charge in [-0.05, 0) is 43.5 Å². The maximum atomic E-state index is 13.3. The Labute approximate surface area is 153 Å². The fraction of sp³-hybridized carbons (Fsp3) is 0.474. The first-order valence-corrected chi connectivity index (χ1v) is 8.77. The van der Waals surface area contributed by atoms with E-state index < -0.39 is 0 Å². The second-order valence-corrected chi connectivity index (χ2v) is 6.56. The highest BCUT2D eigenvalue weighted by molar-refractivity contribution is 5.85. The standard InChI is InChI=1S/C19H22FN3O.ClH/c20-15-3-1-2-13(12-15)8-11-24-19-16-6-9-21-10-7-17(16)22-18(23-19)14-4-5-14;/h1-3,12,14,21H,4-11H2;1H. The van der Waals surface area contributed by atoms with Gasteiger partial charge in [-0.3, -0.25) is 0 Å². The molecule has 1 aliphatic heterocycles. The van der Waals surface area contributed by atoms with Crippen molar-refractivity contribution in [1.29, 1.82) is 0 Å². The maximum absolute atomic E-state index is 13.3. The van der Waals surface area contributed by atoms with Gasteiger partial charge < -0.3 is 10.1 Å². The number of rotatable bonds is 5. The van der Waals surface area contributed by atoms with Crippen LogP contribution in [0.5, 0.6) is 5.88 Å². The minimum Gasteiger partial charge on any atom is -0.477 e. The van der Waals surface area contributed by atoms with E-state index in [0.29, 0.717) is 18.9 Å². The predicted octanol–water partition coefficient (Wildman–Crippen LogP) is 3.22. The van der Waals surface area contributed by atoms with Crippen LogP contribution in [0.2, 0.25) is 0 Å². The Morgan fingerprint density at radius 3 is 2.80 bits per heavy atom. The van der Waals surface area contributed by atoms with Crippen molar-refractivity contribution in [2.75, 3.05) is 19.7 Å². The molecule has 1 aliphatic carbocycles. The second kappa shape index (κ2) is 8.11. The van der Waals surface area contributed by atoms with Crippen LogP contribution in [-0.2, 0) is 19.3 Å². The molecule has 0 saturated heterocycles. The van der Waals surface area contributed by atoms with E-state index in [0.717, 1.165) is 54.5 Å². The molecule has 1 aromatic heterocycles. The highest BCUT2D eigenvalue weighted by atomic mass is 35.5. The van der Waals surface area contributed by atoms with Gasteiger partial charge in [0.2, 0.25) is 5.88 Å². The first-order chi connectivity index (χ1) is 11.8. The molecule has 1 aromatic carbocycles. The highest BCUT2D eigenvalue weighted by Crippen LogP contribution is 2.39. The van der Waals surface area contributed by atoms with Gasteiger partial charge in [-0.2, -0.15) is 4.98 Å². The van der Waals surface area contributed by atoms with Crippen LogP contribution in [0.4, 0.5) is 4.39 Å². The van der Waals surface area contributed by atoms with E-state index in [2.05, 4.69) is 5.32 Å². The predicted molar refractivity (Wildman–Crippen MR) is 97.1 cm³/mol. The summed E-state index contributed by atoms with van der Waals surface area (Å²) < 4.78 is 19.3. The Bertz CT molecular complexity index is 737. The number of nitrogens with one attached hydrogen (secondary N) is 1. The van der Waals surface area contributed by atoms with Crippen LogP contribution in [0, 0.1) is 5.82 Å². The van der Waals surface area contributed by atoms with Gasteiger partial charge in [-0.15, -0.1) is 12.4 Å². The zero-order valence-corrected chi connectivity index (χ0v) is 14.9. The van der Waals surface area contributed by atoms with Gasteiger partial charge in [0.25, 0.3) is 0 Å². The van der Waals surface area contributed by atoms with Crippen molar-refractivity contribution >= 4 is 12.4 Å². The molecule has 2 aromatic rings. The summed E-state index contributed by atoms with van der Waals surface area (Å²) in [5, 5.41) is 3.41. The van der Waals surface area contributed by atoms with Gasteiger partial charge in [-0.1, -0.05) is 12.1 Å². The topological polar surface area (TPSA) is 47.0 Å². The van der Waals surface area contributed by atoms with Gasteiger partial charge in [0.05, 0.1) is 12.3 Å². The number of hydrogen-bond acceptors (Lipinski definition) is 4. The Hall–Kier alpha value is -1.72. The number of fused-ring (bicyclic) bond motifs is 1. The van der Waals surface area contributed by atoms with E-state index in [1.807, 2.05) is 6.07 Å². The summed E-state index contributed by atoms with van der Waals surface area (Å²) in [5.74, 6) is 1.99.